The Morgan fingerprint density at radius 3 is 2.00 bits per heavy atom. The molecule has 6 heteroatoms. The van der Waals surface area contributed by atoms with Crippen LogP contribution < -0.4 is 0 Å². The van der Waals surface area contributed by atoms with Gasteiger partial charge in [0.1, 0.15) is 0 Å². The van der Waals surface area contributed by atoms with Crippen LogP contribution in [0.4, 0.5) is 13.4 Å². The third kappa shape index (κ3) is 1.56. The molecule has 0 aromatic rings. The second-order valence-corrected chi connectivity index (χ2v) is 1.49. The molecular weight excluding hydrogens is 139 g/mol. The van der Waals surface area contributed by atoms with E-state index in [0.29, 0.717) is 0 Å². The molecule has 9 heavy (non-hydrogen) atoms. The van der Waals surface area contributed by atoms with E-state index in [2.05, 4.69) is 0 Å². The van der Waals surface area contributed by atoms with Crippen molar-refractivity contribution in [3.05, 3.63) is 0 Å². The second kappa shape index (κ2) is 2.22. The van der Waals surface area contributed by atoms with Crippen LogP contribution in [-0.2, 0) is 4.79 Å². The van der Waals surface area contributed by atoms with Crippen LogP contribution in [0.5, 0.6) is 0 Å². The molecule has 0 heterocycles. The summed E-state index contributed by atoms with van der Waals surface area (Å²) in [5, 5.41) is 5.71. The average molecular weight is 143 g/mol. The summed E-state index contributed by atoms with van der Waals surface area (Å²) in [7, 11) is 0. The van der Waals surface area contributed by atoms with Gasteiger partial charge in [0.05, 0.1) is 5.34 Å². The van der Waals surface area contributed by atoms with Crippen LogP contribution in [0.15, 0.2) is 0 Å². The lowest BCUT2D eigenvalue weighted by atomic mass is 10.3. The van der Waals surface area contributed by atoms with Gasteiger partial charge in [-0.25, -0.2) is 9.18 Å². The van der Waals surface area contributed by atoms with E-state index in [0.717, 1.165) is 0 Å². The summed E-state index contributed by atoms with van der Waals surface area (Å²) >= 11 is 0. The van der Waals surface area contributed by atoms with Crippen molar-refractivity contribution >= 4 is 5.97 Å². The predicted octanol–water partition coefficient (Wildman–Crippen LogP) is 0.828. The number of carbonyl (C=O) groups is 1. The van der Waals surface area contributed by atoms with E-state index in [-0.39, 0.29) is 6.92 Å². The van der Waals surface area contributed by atoms with Crippen molar-refractivity contribution in [2.45, 2.75) is 12.7 Å². The maximum Gasteiger partial charge on any atom is 0.362 e. The van der Waals surface area contributed by atoms with Gasteiger partial charge in [0, 0.05) is 0 Å². The summed E-state index contributed by atoms with van der Waals surface area (Å²) < 4.78 is 34.2. The largest absolute Gasteiger partial charge is 0.478 e. The van der Waals surface area contributed by atoms with E-state index in [1.54, 1.807) is 0 Å². The minimum absolute atomic E-state index is 0.245. The molecule has 0 bridgehead atoms. The minimum atomic E-state index is -3.58. The highest BCUT2D eigenvalue weighted by Crippen LogP contribution is 2.17. The van der Waals surface area contributed by atoms with Gasteiger partial charge in [-0.05, 0) is 6.92 Å². The Balaban J connectivity index is 4.19. The Morgan fingerprint density at radius 2 is 2.00 bits per heavy atom. The third-order valence-electron chi connectivity index (χ3n) is 0.708. The number of hydrogen-bond acceptors (Lipinski definition) is 2. The normalized spacial score (nSPS) is 17.4. The smallest absolute Gasteiger partial charge is 0.362 e. The molecule has 0 amide bonds. The van der Waals surface area contributed by atoms with Crippen molar-refractivity contribution < 1.29 is 23.3 Å². The Hall–Kier alpha value is -0.780. The molecule has 3 nitrogen and oxygen atoms in total. The highest BCUT2D eigenvalue weighted by Gasteiger charge is 2.42. The Labute approximate surface area is 48.6 Å². The Kier molecular flexibility index (Phi) is 2.03. The van der Waals surface area contributed by atoms with E-state index in [4.69, 9.17) is 5.11 Å². The summed E-state index contributed by atoms with van der Waals surface area (Å²) in [5.74, 6) is -5.80. The van der Waals surface area contributed by atoms with Gasteiger partial charge < -0.3 is 5.11 Å². The molecule has 0 aromatic carbocycles. The van der Waals surface area contributed by atoms with E-state index < -0.39 is 17.1 Å². The van der Waals surface area contributed by atoms with Gasteiger partial charge in [0.25, 0.3) is 0 Å². The second-order valence-electron chi connectivity index (χ2n) is 1.49. The monoisotopic (exact) mass is 143 g/mol. The molecule has 54 valence electrons. The molecule has 0 fully saturated rings. The van der Waals surface area contributed by atoms with Crippen LogP contribution in [-0.4, -0.2) is 22.2 Å². The van der Waals surface area contributed by atoms with Crippen LogP contribution in [0.1, 0.15) is 6.92 Å². The minimum Gasteiger partial charge on any atom is -0.478 e. The van der Waals surface area contributed by atoms with Crippen LogP contribution in [0.3, 0.4) is 0 Å². The number of carboxylic acid groups (broad SMARTS) is 1. The summed E-state index contributed by atoms with van der Waals surface area (Å²) in [6, 6.07) is 0. The number of hydrogen-bond donors (Lipinski definition) is 1. The van der Waals surface area contributed by atoms with Crippen molar-refractivity contribution in [2.24, 2.45) is 0 Å². The van der Waals surface area contributed by atoms with Crippen LogP contribution >= 0.6 is 0 Å². The summed E-state index contributed by atoms with van der Waals surface area (Å²) in [6.07, 6.45) is 0. The van der Waals surface area contributed by atoms with Gasteiger partial charge in [-0.1, -0.05) is 8.96 Å². The van der Waals surface area contributed by atoms with Crippen LogP contribution in [0.25, 0.3) is 0 Å². The first kappa shape index (κ1) is 8.22. The third-order valence-corrected chi connectivity index (χ3v) is 0.708. The lowest BCUT2D eigenvalue weighted by molar-refractivity contribution is -0.269. The number of carboxylic acids is 1. The SMILES string of the molecule is C[C@](F)(C(=O)O)N(F)F. The van der Waals surface area contributed by atoms with Gasteiger partial charge in [-0.15, -0.1) is 0 Å². The van der Waals surface area contributed by atoms with Gasteiger partial charge >= 0.3 is 11.8 Å². The zero-order valence-corrected chi connectivity index (χ0v) is 4.44. The fourth-order valence-corrected chi connectivity index (χ4v) is 0.0723. The van der Waals surface area contributed by atoms with Crippen molar-refractivity contribution in [3.63, 3.8) is 0 Å². The van der Waals surface area contributed by atoms with Crippen LogP contribution in [0.2, 0.25) is 0 Å². The maximum absolute atomic E-state index is 11.9. The molecule has 0 rings (SSSR count). The molecule has 0 saturated carbocycles. The molecule has 0 radical (unpaired) electrons. The van der Waals surface area contributed by atoms with E-state index >= 15 is 0 Å². The van der Waals surface area contributed by atoms with Crippen molar-refractivity contribution in [2.75, 3.05) is 0 Å². The molecule has 0 aliphatic rings. The number of rotatable bonds is 2. The van der Waals surface area contributed by atoms with Gasteiger partial charge in [0.2, 0.25) is 0 Å². The molecule has 0 spiro atoms. The van der Waals surface area contributed by atoms with Crippen molar-refractivity contribution in [1.82, 2.24) is 5.34 Å². The van der Waals surface area contributed by atoms with E-state index in [1.807, 2.05) is 0 Å². The molecule has 0 saturated heterocycles. The standard InChI is InChI=1S/C3H4F3NO2/c1-3(4,2(8)9)7(5)6/h1H3,(H,8,9)/t3-/m1/s1. The first-order chi connectivity index (χ1) is 3.89. The highest BCUT2D eigenvalue weighted by molar-refractivity contribution is 5.75. The average Bonchev–Trinajstić information content (AvgIpc) is 1.65. The van der Waals surface area contributed by atoms with E-state index in [1.165, 1.54) is 0 Å². The van der Waals surface area contributed by atoms with Crippen LogP contribution in [0, 0.1) is 0 Å². The first-order valence-electron chi connectivity index (χ1n) is 1.93. The molecule has 1 atom stereocenters. The number of alkyl halides is 1. The predicted molar refractivity (Wildman–Crippen MR) is 21.2 cm³/mol. The molecule has 0 aliphatic carbocycles. The summed E-state index contributed by atoms with van der Waals surface area (Å²) in [5.41, 5.74) is 0. The maximum atomic E-state index is 11.9. The zero-order chi connectivity index (χ0) is 7.65. The quantitative estimate of drug-likeness (QED) is 0.459. The fraction of sp³-hybridized carbons (Fsp3) is 0.667. The van der Waals surface area contributed by atoms with Gasteiger partial charge in [-0.2, -0.15) is 0 Å². The topological polar surface area (TPSA) is 40.5 Å². The highest BCUT2D eigenvalue weighted by atomic mass is 19.4. The molecule has 0 aliphatic heterocycles. The summed E-state index contributed by atoms with van der Waals surface area (Å²) in [4.78, 5) is 9.57. The van der Waals surface area contributed by atoms with Crippen molar-refractivity contribution in [1.29, 1.82) is 0 Å². The lowest BCUT2D eigenvalue weighted by Crippen LogP contribution is -2.39. The molecule has 0 aromatic heterocycles. The van der Waals surface area contributed by atoms with Crippen molar-refractivity contribution in [3.8, 4) is 0 Å². The fourth-order valence-electron chi connectivity index (χ4n) is 0.0723. The molecule has 0 unspecified atom stereocenters. The summed E-state index contributed by atoms with van der Waals surface area (Å²) in [6.45, 7) is 0.245. The van der Waals surface area contributed by atoms with Gasteiger partial charge in [0.15, 0.2) is 0 Å². The first-order valence-corrected chi connectivity index (χ1v) is 1.93. The number of halogens is 3. The number of aliphatic carboxylic acids is 1. The van der Waals surface area contributed by atoms with E-state index in [9.17, 15) is 18.1 Å². The van der Waals surface area contributed by atoms with Gasteiger partial charge in [-0.3, -0.25) is 0 Å². The Bertz CT molecular complexity index is 124. The molecule has 1 N–H and O–H groups in total. The molecular formula is C3H4F3NO2. The zero-order valence-electron chi connectivity index (χ0n) is 4.44. The Morgan fingerprint density at radius 1 is 1.67 bits per heavy atom. The lowest BCUT2D eigenvalue weighted by Gasteiger charge is -2.12. The number of nitrogens with zero attached hydrogens (tertiary/aromatic N) is 1.